The van der Waals surface area contributed by atoms with Crippen LogP contribution in [0, 0.1) is 5.92 Å². The Morgan fingerprint density at radius 2 is 2.00 bits per heavy atom. The zero-order valence-electron chi connectivity index (χ0n) is 9.39. The normalized spacial score (nSPS) is 24.8. The van der Waals surface area contributed by atoms with Crippen molar-refractivity contribution in [1.82, 2.24) is 0 Å². The fourth-order valence-corrected chi connectivity index (χ4v) is 2.21. The maximum atomic E-state index is 12.9. The third-order valence-electron chi connectivity index (χ3n) is 3.09. The largest absolute Gasteiger partial charge is 0.411 e. The van der Waals surface area contributed by atoms with Gasteiger partial charge in [0, 0.05) is 5.92 Å². The molecule has 2 rings (SSSR count). The second kappa shape index (κ2) is 4.97. The van der Waals surface area contributed by atoms with Gasteiger partial charge in [0.2, 0.25) is 0 Å². The van der Waals surface area contributed by atoms with E-state index in [4.69, 9.17) is 9.94 Å². The fraction of sp³-hybridized carbons (Fsp3) is 0.417. The number of ether oxygens (including phenoxy) is 1. The Morgan fingerprint density at radius 3 is 2.67 bits per heavy atom. The summed E-state index contributed by atoms with van der Waals surface area (Å²) in [7, 11) is 0. The molecule has 98 valence electrons. The molecule has 2 atom stereocenters. The van der Waals surface area contributed by atoms with Gasteiger partial charge in [-0.2, -0.15) is 13.2 Å². The van der Waals surface area contributed by atoms with E-state index in [0.29, 0.717) is 11.1 Å². The van der Waals surface area contributed by atoms with Gasteiger partial charge in [-0.3, -0.25) is 0 Å². The van der Waals surface area contributed by atoms with Crippen molar-refractivity contribution in [1.29, 1.82) is 0 Å². The first-order valence-electron chi connectivity index (χ1n) is 5.45. The van der Waals surface area contributed by atoms with E-state index in [2.05, 4.69) is 5.16 Å². The summed E-state index contributed by atoms with van der Waals surface area (Å²) in [6.45, 7) is -0.292. The summed E-state index contributed by atoms with van der Waals surface area (Å²) >= 11 is 0. The molecule has 0 aliphatic carbocycles. The number of rotatable bonds is 2. The van der Waals surface area contributed by atoms with Gasteiger partial charge in [0.15, 0.2) is 0 Å². The van der Waals surface area contributed by atoms with E-state index < -0.39 is 18.0 Å². The van der Waals surface area contributed by atoms with Crippen LogP contribution in [0.15, 0.2) is 29.4 Å². The van der Waals surface area contributed by atoms with Crippen LogP contribution in [0.5, 0.6) is 0 Å². The predicted octanol–water partition coefficient (Wildman–Crippen LogP) is 2.79. The number of hydrogen-bond acceptors (Lipinski definition) is 3. The number of halogens is 3. The van der Waals surface area contributed by atoms with Crippen LogP contribution >= 0.6 is 0 Å². The van der Waals surface area contributed by atoms with Crippen molar-refractivity contribution in [2.45, 2.75) is 12.1 Å². The van der Waals surface area contributed by atoms with Gasteiger partial charge in [0.25, 0.3) is 0 Å². The van der Waals surface area contributed by atoms with Crippen LogP contribution in [-0.2, 0) is 4.74 Å². The minimum atomic E-state index is -4.29. The summed E-state index contributed by atoms with van der Waals surface area (Å²) in [6.07, 6.45) is -3.15. The van der Waals surface area contributed by atoms with Gasteiger partial charge >= 0.3 is 6.18 Å². The number of hydrogen-bond donors (Lipinski definition) is 1. The standard InChI is InChI=1S/C12H12F3NO2/c13-12(14,15)11-7-18-6-10(11)9-4-2-1-3-8(9)5-16-17/h1-5,10-11,17H,6-7H2/t10-,11?/m1/s1. The zero-order chi connectivity index (χ0) is 13.2. The molecule has 0 radical (unpaired) electrons. The van der Waals surface area contributed by atoms with E-state index in [0.717, 1.165) is 6.21 Å². The summed E-state index contributed by atoms with van der Waals surface area (Å²) in [5.41, 5.74) is 0.972. The number of alkyl halides is 3. The molecule has 18 heavy (non-hydrogen) atoms. The van der Waals surface area contributed by atoms with Gasteiger partial charge in [-0.1, -0.05) is 29.4 Å². The lowest BCUT2D eigenvalue weighted by Crippen LogP contribution is -2.28. The first kappa shape index (κ1) is 12.9. The van der Waals surface area contributed by atoms with Crippen molar-refractivity contribution >= 4 is 6.21 Å². The van der Waals surface area contributed by atoms with E-state index in [1.54, 1.807) is 24.3 Å². The van der Waals surface area contributed by atoms with Gasteiger partial charge in [-0.25, -0.2) is 0 Å². The minimum absolute atomic E-state index is 0.0282. The molecule has 1 fully saturated rings. The van der Waals surface area contributed by atoms with Gasteiger partial charge in [0.05, 0.1) is 25.3 Å². The molecule has 1 N–H and O–H groups in total. The molecule has 0 saturated carbocycles. The summed E-state index contributed by atoms with van der Waals surface area (Å²) in [4.78, 5) is 0. The van der Waals surface area contributed by atoms with Crippen molar-refractivity contribution in [3.8, 4) is 0 Å². The molecule has 1 aromatic carbocycles. The lowest BCUT2D eigenvalue weighted by atomic mass is 9.86. The molecule has 0 aromatic heterocycles. The molecule has 3 nitrogen and oxygen atoms in total. The third kappa shape index (κ3) is 2.48. The van der Waals surface area contributed by atoms with Crippen LogP contribution in [0.3, 0.4) is 0 Å². The molecule has 0 spiro atoms. The maximum absolute atomic E-state index is 12.9. The van der Waals surface area contributed by atoms with Crippen molar-refractivity contribution in [2.75, 3.05) is 13.2 Å². The quantitative estimate of drug-likeness (QED) is 0.504. The lowest BCUT2D eigenvalue weighted by Gasteiger charge is -2.21. The topological polar surface area (TPSA) is 41.8 Å². The van der Waals surface area contributed by atoms with Gasteiger partial charge in [-0.15, -0.1) is 0 Å². The molecular formula is C12H12F3NO2. The number of benzene rings is 1. The smallest absolute Gasteiger partial charge is 0.394 e. The Labute approximate surface area is 102 Å². The molecule has 1 aromatic rings. The molecular weight excluding hydrogens is 247 g/mol. The molecule has 1 unspecified atom stereocenters. The average Bonchev–Trinajstić information content (AvgIpc) is 2.78. The molecule has 1 saturated heterocycles. The van der Waals surface area contributed by atoms with Gasteiger partial charge in [-0.05, 0) is 11.1 Å². The minimum Gasteiger partial charge on any atom is -0.411 e. The van der Waals surface area contributed by atoms with Crippen LogP contribution in [0.25, 0.3) is 0 Å². The highest BCUT2D eigenvalue weighted by molar-refractivity contribution is 5.81. The predicted molar refractivity (Wildman–Crippen MR) is 58.9 cm³/mol. The molecule has 6 heteroatoms. The molecule has 1 heterocycles. The van der Waals surface area contributed by atoms with E-state index in [1.807, 2.05) is 0 Å². The van der Waals surface area contributed by atoms with Crippen LogP contribution in [0.4, 0.5) is 13.2 Å². The van der Waals surface area contributed by atoms with Crippen LogP contribution in [0.2, 0.25) is 0 Å². The second-order valence-corrected chi connectivity index (χ2v) is 4.17. The molecule has 1 aliphatic rings. The van der Waals surface area contributed by atoms with E-state index >= 15 is 0 Å². The SMILES string of the molecule is ON=Cc1ccccc1[C@H]1COCC1C(F)(F)F. The molecule has 0 bridgehead atoms. The highest BCUT2D eigenvalue weighted by Crippen LogP contribution is 2.42. The number of nitrogens with zero attached hydrogens (tertiary/aromatic N) is 1. The second-order valence-electron chi connectivity index (χ2n) is 4.17. The maximum Gasteiger partial charge on any atom is 0.394 e. The highest BCUT2D eigenvalue weighted by Gasteiger charge is 2.48. The third-order valence-corrected chi connectivity index (χ3v) is 3.09. The Hall–Kier alpha value is -1.56. The Bertz CT molecular complexity index is 445. The molecule has 1 aliphatic heterocycles. The Balaban J connectivity index is 2.36. The lowest BCUT2D eigenvalue weighted by molar-refractivity contribution is -0.176. The first-order valence-corrected chi connectivity index (χ1v) is 5.45. The van der Waals surface area contributed by atoms with Crippen LogP contribution < -0.4 is 0 Å². The van der Waals surface area contributed by atoms with Gasteiger partial charge < -0.3 is 9.94 Å². The van der Waals surface area contributed by atoms with Crippen molar-refractivity contribution in [3.05, 3.63) is 35.4 Å². The Kier molecular flexibility index (Phi) is 3.56. The van der Waals surface area contributed by atoms with Crippen molar-refractivity contribution in [2.24, 2.45) is 11.1 Å². The van der Waals surface area contributed by atoms with E-state index in [-0.39, 0.29) is 13.2 Å². The van der Waals surface area contributed by atoms with Gasteiger partial charge in [0.1, 0.15) is 0 Å². The Morgan fingerprint density at radius 1 is 1.28 bits per heavy atom. The monoisotopic (exact) mass is 259 g/mol. The molecule has 0 amide bonds. The number of oxime groups is 1. The van der Waals surface area contributed by atoms with Crippen LogP contribution in [0.1, 0.15) is 17.0 Å². The van der Waals surface area contributed by atoms with E-state index in [1.165, 1.54) is 0 Å². The zero-order valence-corrected chi connectivity index (χ0v) is 9.39. The fourth-order valence-electron chi connectivity index (χ4n) is 2.21. The van der Waals surface area contributed by atoms with E-state index in [9.17, 15) is 13.2 Å². The van der Waals surface area contributed by atoms with Crippen molar-refractivity contribution in [3.63, 3.8) is 0 Å². The highest BCUT2D eigenvalue weighted by atomic mass is 19.4. The summed E-state index contributed by atoms with van der Waals surface area (Å²) in [6, 6.07) is 6.56. The van der Waals surface area contributed by atoms with Crippen molar-refractivity contribution < 1.29 is 23.1 Å². The summed E-state index contributed by atoms with van der Waals surface area (Å²) in [5, 5.41) is 11.4. The first-order chi connectivity index (χ1) is 8.54. The summed E-state index contributed by atoms with van der Waals surface area (Å²) < 4.78 is 43.5. The summed E-state index contributed by atoms with van der Waals surface area (Å²) in [5.74, 6) is -2.26. The average molecular weight is 259 g/mol. The van der Waals surface area contributed by atoms with Crippen LogP contribution in [-0.4, -0.2) is 30.8 Å².